The lowest BCUT2D eigenvalue weighted by atomic mass is 10.1. The molecule has 0 fully saturated rings. The lowest BCUT2D eigenvalue weighted by molar-refractivity contribution is 0.906. The Balaban J connectivity index is 2.20. The van der Waals surface area contributed by atoms with Crippen molar-refractivity contribution in [1.29, 1.82) is 0 Å². The molecule has 5 nitrogen and oxygen atoms in total. The first-order valence-electron chi connectivity index (χ1n) is 6.63. The van der Waals surface area contributed by atoms with Crippen molar-refractivity contribution in [3.63, 3.8) is 0 Å². The Labute approximate surface area is 135 Å². The van der Waals surface area contributed by atoms with Crippen molar-refractivity contribution in [2.45, 2.75) is 6.54 Å². The lowest BCUT2D eigenvalue weighted by Gasteiger charge is -2.13. The molecule has 0 radical (unpaired) electrons. The van der Waals surface area contributed by atoms with E-state index in [9.17, 15) is 4.79 Å². The Hall–Kier alpha value is -2.11. The summed E-state index contributed by atoms with van der Waals surface area (Å²) in [4.78, 5) is 22.7. The molecule has 0 atom stereocenters. The number of hydrogen-bond donors (Lipinski definition) is 0. The highest BCUT2D eigenvalue weighted by Gasteiger charge is 2.25. The van der Waals surface area contributed by atoms with E-state index >= 15 is 0 Å². The third-order valence-electron chi connectivity index (χ3n) is 3.77. The molecule has 0 aliphatic carbocycles. The largest absolute Gasteiger partial charge is 0.355 e. The first kappa shape index (κ1) is 13.5. The standard InChI is InChI=1S/C15H10Cl2N4O/c1-20-7-8-5-9(16)6-11-12(8)14(20)19-15(22)21(11)10-3-2-4-18-13(10)17/h2-6H,7H2,1H3. The molecule has 4 rings (SSSR count). The summed E-state index contributed by atoms with van der Waals surface area (Å²) < 4.78 is 1.46. The number of rotatable bonds is 1. The summed E-state index contributed by atoms with van der Waals surface area (Å²) in [5.41, 5.74) is 1.83. The summed E-state index contributed by atoms with van der Waals surface area (Å²) in [5, 5.41) is 1.74. The molecule has 0 saturated heterocycles. The van der Waals surface area contributed by atoms with Crippen LogP contribution in [0.15, 0.2) is 35.3 Å². The van der Waals surface area contributed by atoms with Crippen molar-refractivity contribution >= 4 is 39.9 Å². The van der Waals surface area contributed by atoms with Gasteiger partial charge in [-0.15, -0.1) is 0 Å². The van der Waals surface area contributed by atoms with Gasteiger partial charge >= 0.3 is 5.69 Å². The molecule has 1 aliphatic heterocycles. The van der Waals surface area contributed by atoms with E-state index in [1.165, 1.54) is 4.57 Å². The van der Waals surface area contributed by atoms with Crippen molar-refractivity contribution in [3.8, 4) is 5.69 Å². The van der Waals surface area contributed by atoms with Gasteiger partial charge in [0.1, 0.15) is 5.82 Å². The zero-order valence-electron chi connectivity index (χ0n) is 11.5. The molecule has 0 spiro atoms. The Kier molecular flexibility index (Phi) is 2.89. The van der Waals surface area contributed by atoms with Crippen LogP contribution in [0.3, 0.4) is 0 Å². The summed E-state index contributed by atoms with van der Waals surface area (Å²) in [6, 6.07) is 7.12. The van der Waals surface area contributed by atoms with Crippen molar-refractivity contribution in [2.24, 2.45) is 0 Å². The smallest absolute Gasteiger partial charge is 0.354 e. The van der Waals surface area contributed by atoms with Gasteiger partial charge in [0.05, 0.1) is 11.2 Å². The molecule has 110 valence electrons. The van der Waals surface area contributed by atoms with E-state index < -0.39 is 5.69 Å². The third-order valence-corrected chi connectivity index (χ3v) is 4.28. The third kappa shape index (κ3) is 1.82. The molecule has 1 aliphatic rings. The fourth-order valence-corrected chi connectivity index (χ4v) is 3.33. The second kappa shape index (κ2) is 4.69. The normalized spacial score (nSPS) is 13.1. The first-order chi connectivity index (χ1) is 10.6. The zero-order valence-corrected chi connectivity index (χ0v) is 13.1. The fourth-order valence-electron chi connectivity index (χ4n) is 2.89. The summed E-state index contributed by atoms with van der Waals surface area (Å²) in [6.07, 6.45) is 1.57. The Morgan fingerprint density at radius 3 is 2.86 bits per heavy atom. The van der Waals surface area contributed by atoms with Crippen LogP contribution in [0.2, 0.25) is 10.2 Å². The summed E-state index contributed by atoms with van der Waals surface area (Å²) in [7, 11) is 1.90. The van der Waals surface area contributed by atoms with Crippen LogP contribution in [0.25, 0.3) is 16.6 Å². The van der Waals surface area contributed by atoms with Gasteiger partial charge in [0.25, 0.3) is 0 Å². The van der Waals surface area contributed by atoms with Crippen molar-refractivity contribution in [2.75, 3.05) is 11.9 Å². The number of anilines is 1. The monoisotopic (exact) mass is 332 g/mol. The molecule has 0 N–H and O–H groups in total. The predicted molar refractivity (Wildman–Crippen MR) is 87.3 cm³/mol. The number of aromatic nitrogens is 3. The van der Waals surface area contributed by atoms with E-state index in [0.29, 0.717) is 28.6 Å². The van der Waals surface area contributed by atoms with Crippen LogP contribution in [0.4, 0.5) is 5.82 Å². The van der Waals surface area contributed by atoms with Crippen LogP contribution >= 0.6 is 23.2 Å². The number of halogens is 2. The highest BCUT2D eigenvalue weighted by atomic mass is 35.5. The van der Waals surface area contributed by atoms with Crippen LogP contribution in [0.5, 0.6) is 0 Å². The van der Waals surface area contributed by atoms with Gasteiger partial charge in [-0.05, 0) is 29.8 Å². The minimum absolute atomic E-state index is 0.245. The highest BCUT2D eigenvalue weighted by molar-refractivity contribution is 6.32. The van der Waals surface area contributed by atoms with Crippen molar-refractivity contribution < 1.29 is 0 Å². The zero-order chi connectivity index (χ0) is 15.4. The molecule has 1 aromatic carbocycles. The van der Waals surface area contributed by atoms with Gasteiger partial charge in [0.15, 0.2) is 5.15 Å². The molecule has 0 bridgehead atoms. The van der Waals surface area contributed by atoms with Crippen LogP contribution in [0, 0.1) is 0 Å². The number of pyridine rings is 1. The summed E-state index contributed by atoms with van der Waals surface area (Å²) in [6.45, 7) is 0.670. The first-order valence-corrected chi connectivity index (χ1v) is 7.39. The molecule has 7 heteroatoms. The quantitative estimate of drug-likeness (QED) is 0.643. The molecule has 3 aromatic rings. The van der Waals surface area contributed by atoms with Crippen molar-refractivity contribution in [1.82, 2.24) is 14.5 Å². The van der Waals surface area contributed by atoms with Gasteiger partial charge in [-0.2, -0.15) is 4.98 Å². The van der Waals surface area contributed by atoms with Gasteiger partial charge in [0.2, 0.25) is 0 Å². The lowest BCUT2D eigenvalue weighted by Crippen LogP contribution is -2.24. The van der Waals surface area contributed by atoms with E-state index in [1.807, 2.05) is 18.0 Å². The molecule has 0 saturated carbocycles. The van der Waals surface area contributed by atoms with Gasteiger partial charge in [-0.3, -0.25) is 4.57 Å². The van der Waals surface area contributed by atoms with E-state index in [2.05, 4.69) is 9.97 Å². The number of nitrogens with zero attached hydrogens (tertiary/aromatic N) is 4. The van der Waals surface area contributed by atoms with Crippen LogP contribution in [0.1, 0.15) is 5.56 Å². The molecule has 3 heterocycles. The molecule has 22 heavy (non-hydrogen) atoms. The number of benzene rings is 1. The maximum Gasteiger partial charge on any atom is 0.354 e. The predicted octanol–water partition coefficient (Wildman–Crippen LogP) is 3.04. The summed E-state index contributed by atoms with van der Waals surface area (Å²) >= 11 is 12.4. The SMILES string of the molecule is CN1Cc2cc(Cl)cc3c2c1nc(=O)n3-c1cccnc1Cl. The highest BCUT2D eigenvalue weighted by Crippen LogP contribution is 2.36. The second-order valence-electron chi connectivity index (χ2n) is 5.18. The van der Waals surface area contributed by atoms with E-state index in [0.717, 1.165) is 10.9 Å². The van der Waals surface area contributed by atoms with Gasteiger partial charge in [-0.1, -0.05) is 23.2 Å². The minimum Gasteiger partial charge on any atom is -0.355 e. The fraction of sp³-hybridized carbons (Fsp3) is 0.133. The van der Waals surface area contributed by atoms with Gasteiger partial charge in [-0.25, -0.2) is 9.78 Å². The van der Waals surface area contributed by atoms with Crippen LogP contribution in [-0.2, 0) is 6.54 Å². The molecular formula is C15H10Cl2N4O. The average Bonchev–Trinajstić information content (AvgIpc) is 2.77. The van der Waals surface area contributed by atoms with E-state index in [-0.39, 0.29) is 5.15 Å². The Morgan fingerprint density at radius 2 is 2.09 bits per heavy atom. The Morgan fingerprint density at radius 1 is 1.27 bits per heavy atom. The van der Waals surface area contributed by atoms with Gasteiger partial charge in [0, 0.05) is 30.2 Å². The average molecular weight is 333 g/mol. The maximum atomic E-state index is 12.5. The minimum atomic E-state index is -0.403. The second-order valence-corrected chi connectivity index (χ2v) is 5.98. The van der Waals surface area contributed by atoms with Gasteiger partial charge < -0.3 is 4.90 Å². The summed E-state index contributed by atoms with van der Waals surface area (Å²) in [5.74, 6) is 0.669. The molecule has 2 aromatic heterocycles. The Bertz CT molecular complexity index is 983. The topological polar surface area (TPSA) is 51.0 Å². The number of hydrogen-bond acceptors (Lipinski definition) is 4. The van der Waals surface area contributed by atoms with Crippen molar-refractivity contribution in [3.05, 3.63) is 56.7 Å². The van der Waals surface area contributed by atoms with Crippen LogP contribution < -0.4 is 10.6 Å². The molecular weight excluding hydrogens is 323 g/mol. The van der Waals surface area contributed by atoms with E-state index in [4.69, 9.17) is 23.2 Å². The molecule has 0 amide bonds. The van der Waals surface area contributed by atoms with Crippen LogP contribution in [-0.4, -0.2) is 21.6 Å². The molecule has 0 unspecified atom stereocenters. The van der Waals surface area contributed by atoms with E-state index in [1.54, 1.807) is 24.4 Å². The maximum absolute atomic E-state index is 12.5.